The lowest BCUT2D eigenvalue weighted by atomic mass is 10.1. The zero-order chi connectivity index (χ0) is 23.2. The maximum absolute atomic E-state index is 12.7. The average Bonchev–Trinajstić information content (AvgIpc) is 3.46. The van der Waals surface area contributed by atoms with Crippen LogP contribution in [0.2, 0.25) is 0 Å². The fraction of sp³-hybridized carbons (Fsp3) is 0.192. The molecule has 0 radical (unpaired) electrons. The van der Waals surface area contributed by atoms with E-state index in [1.165, 1.54) is 5.56 Å². The molecule has 0 aliphatic rings. The van der Waals surface area contributed by atoms with Gasteiger partial charge in [-0.3, -0.25) is 9.59 Å². The smallest absolute Gasteiger partial charge is 0.251 e. The molecule has 0 bridgehead atoms. The van der Waals surface area contributed by atoms with Crippen molar-refractivity contribution in [2.75, 3.05) is 5.32 Å². The van der Waals surface area contributed by atoms with Gasteiger partial charge in [-0.2, -0.15) is 16.4 Å². The van der Waals surface area contributed by atoms with Crippen LogP contribution >= 0.6 is 11.3 Å². The molecule has 168 valence electrons. The van der Waals surface area contributed by atoms with Crippen LogP contribution in [0.4, 0.5) is 5.69 Å². The third-order valence-electron chi connectivity index (χ3n) is 5.19. The number of nitrogens with zero attached hydrogens (tertiary/aromatic N) is 2. The number of carbonyl (C=O) groups is 2. The van der Waals surface area contributed by atoms with E-state index in [2.05, 4.69) is 27.2 Å². The number of hydrogen-bond acceptors (Lipinski definition) is 4. The average molecular weight is 459 g/mol. The molecule has 2 amide bonds. The standard InChI is InChI=1S/C26H26N4O2S/c1-18-5-3-6-20(11-18)13-25(31)29-23-15-27-30(16-23)24-8-4-7-22(14-24)26(32)28-19(2)12-21-9-10-33-17-21/h3-11,14-17,19H,12-13H2,1-2H3,(H,28,32)(H,29,31)/t19-/m0/s1. The van der Waals surface area contributed by atoms with Gasteiger partial charge in [0.15, 0.2) is 0 Å². The van der Waals surface area contributed by atoms with Gasteiger partial charge in [-0.15, -0.1) is 0 Å². The molecule has 0 saturated carbocycles. The molecular formula is C26H26N4O2S. The van der Waals surface area contributed by atoms with Gasteiger partial charge in [-0.25, -0.2) is 4.68 Å². The second-order valence-electron chi connectivity index (χ2n) is 8.15. The van der Waals surface area contributed by atoms with Gasteiger partial charge in [0, 0.05) is 11.6 Å². The minimum atomic E-state index is -0.126. The molecule has 1 atom stereocenters. The van der Waals surface area contributed by atoms with Crippen molar-refractivity contribution in [3.05, 3.63) is 100 Å². The van der Waals surface area contributed by atoms with E-state index in [0.29, 0.717) is 17.7 Å². The van der Waals surface area contributed by atoms with Crippen molar-refractivity contribution in [1.82, 2.24) is 15.1 Å². The first kappa shape index (κ1) is 22.5. The maximum Gasteiger partial charge on any atom is 0.251 e. The predicted molar refractivity (Wildman–Crippen MR) is 132 cm³/mol. The summed E-state index contributed by atoms with van der Waals surface area (Å²) in [6.07, 6.45) is 4.43. The van der Waals surface area contributed by atoms with E-state index in [4.69, 9.17) is 0 Å². The number of hydrogen-bond donors (Lipinski definition) is 2. The Balaban J connectivity index is 1.38. The van der Waals surface area contributed by atoms with Crippen LogP contribution in [0.1, 0.15) is 34.0 Å². The van der Waals surface area contributed by atoms with Gasteiger partial charge in [-0.1, -0.05) is 35.9 Å². The van der Waals surface area contributed by atoms with Crippen molar-refractivity contribution < 1.29 is 9.59 Å². The van der Waals surface area contributed by atoms with E-state index in [0.717, 1.165) is 23.2 Å². The van der Waals surface area contributed by atoms with Crippen molar-refractivity contribution >= 4 is 28.8 Å². The van der Waals surface area contributed by atoms with Gasteiger partial charge in [-0.05, 0) is 66.4 Å². The lowest BCUT2D eigenvalue weighted by Gasteiger charge is -2.13. The normalized spacial score (nSPS) is 11.7. The number of anilines is 1. The molecule has 0 aliphatic carbocycles. The first-order valence-electron chi connectivity index (χ1n) is 10.8. The summed E-state index contributed by atoms with van der Waals surface area (Å²) in [4.78, 5) is 25.1. The van der Waals surface area contributed by atoms with Crippen molar-refractivity contribution in [3.63, 3.8) is 0 Å². The molecule has 0 fully saturated rings. The summed E-state index contributed by atoms with van der Waals surface area (Å²) in [6.45, 7) is 4.00. The van der Waals surface area contributed by atoms with Gasteiger partial charge in [0.05, 0.1) is 30.2 Å². The second-order valence-corrected chi connectivity index (χ2v) is 8.93. The molecule has 2 heterocycles. The Bertz CT molecular complexity index is 1250. The van der Waals surface area contributed by atoms with Crippen molar-refractivity contribution in [1.29, 1.82) is 0 Å². The molecule has 4 aromatic rings. The van der Waals surface area contributed by atoms with Gasteiger partial charge in [0.25, 0.3) is 5.91 Å². The number of rotatable bonds is 8. The molecule has 2 aromatic heterocycles. The zero-order valence-electron chi connectivity index (χ0n) is 18.6. The van der Waals surface area contributed by atoms with E-state index in [9.17, 15) is 9.59 Å². The third-order valence-corrected chi connectivity index (χ3v) is 5.92. The monoisotopic (exact) mass is 458 g/mol. The summed E-state index contributed by atoms with van der Waals surface area (Å²) in [5.41, 5.74) is 5.21. The highest BCUT2D eigenvalue weighted by Gasteiger charge is 2.12. The zero-order valence-corrected chi connectivity index (χ0v) is 19.4. The number of benzene rings is 2. The largest absolute Gasteiger partial charge is 0.349 e. The molecular weight excluding hydrogens is 432 g/mol. The molecule has 2 N–H and O–H groups in total. The summed E-state index contributed by atoms with van der Waals surface area (Å²) >= 11 is 1.65. The SMILES string of the molecule is Cc1cccc(CC(=O)Nc2cnn(-c3cccc(C(=O)N[C@@H](C)Cc4ccsc4)c3)c2)c1. The van der Waals surface area contributed by atoms with E-state index >= 15 is 0 Å². The minimum Gasteiger partial charge on any atom is -0.349 e. The fourth-order valence-electron chi connectivity index (χ4n) is 3.65. The van der Waals surface area contributed by atoms with Crippen LogP contribution in [0.15, 0.2) is 77.8 Å². The summed E-state index contributed by atoms with van der Waals surface area (Å²) in [7, 11) is 0. The molecule has 0 saturated heterocycles. The Morgan fingerprint density at radius 2 is 1.94 bits per heavy atom. The van der Waals surface area contributed by atoms with Crippen LogP contribution in [0, 0.1) is 6.92 Å². The highest BCUT2D eigenvalue weighted by Crippen LogP contribution is 2.15. The first-order valence-corrected chi connectivity index (χ1v) is 11.7. The van der Waals surface area contributed by atoms with Gasteiger partial charge >= 0.3 is 0 Å². The summed E-state index contributed by atoms with van der Waals surface area (Å²) < 4.78 is 1.65. The molecule has 7 heteroatoms. The summed E-state index contributed by atoms with van der Waals surface area (Å²) in [5.74, 6) is -0.230. The van der Waals surface area contributed by atoms with E-state index in [1.807, 2.05) is 55.6 Å². The van der Waals surface area contributed by atoms with Gasteiger partial charge in [0.1, 0.15) is 0 Å². The lowest BCUT2D eigenvalue weighted by Crippen LogP contribution is -2.34. The van der Waals surface area contributed by atoms with Crippen LogP contribution in [-0.4, -0.2) is 27.6 Å². The third kappa shape index (κ3) is 6.17. The highest BCUT2D eigenvalue weighted by atomic mass is 32.1. The van der Waals surface area contributed by atoms with E-state index < -0.39 is 0 Å². The summed E-state index contributed by atoms with van der Waals surface area (Å²) in [5, 5.41) is 14.4. The Morgan fingerprint density at radius 3 is 2.73 bits per heavy atom. The van der Waals surface area contributed by atoms with Gasteiger partial charge < -0.3 is 10.6 Å². The predicted octanol–water partition coefficient (Wildman–Crippen LogP) is 4.78. The highest BCUT2D eigenvalue weighted by molar-refractivity contribution is 7.07. The van der Waals surface area contributed by atoms with E-state index in [1.54, 1.807) is 40.5 Å². The van der Waals surface area contributed by atoms with Crippen molar-refractivity contribution in [2.45, 2.75) is 32.7 Å². The molecule has 0 aliphatic heterocycles. The number of nitrogens with one attached hydrogen (secondary N) is 2. The molecule has 6 nitrogen and oxygen atoms in total. The Morgan fingerprint density at radius 1 is 1.09 bits per heavy atom. The quantitative estimate of drug-likeness (QED) is 0.399. The Labute approximate surface area is 197 Å². The summed E-state index contributed by atoms with van der Waals surface area (Å²) in [6, 6.07) is 17.3. The molecule has 2 aromatic carbocycles. The van der Waals surface area contributed by atoms with Crippen LogP contribution in [0.3, 0.4) is 0 Å². The minimum absolute atomic E-state index is 0.0238. The van der Waals surface area contributed by atoms with Crippen molar-refractivity contribution in [2.24, 2.45) is 0 Å². The fourth-order valence-corrected chi connectivity index (χ4v) is 4.33. The Hall–Kier alpha value is -3.71. The number of amides is 2. The van der Waals surface area contributed by atoms with Gasteiger partial charge in [0.2, 0.25) is 5.91 Å². The van der Waals surface area contributed by atoms with Crippen LogP contribution in [-0.2, 0) is 17.6 Å². The Kier molecular flexibility index (Phi) is 7.00. The number of aryl methyl sites for hydroxylation is 1. The molecule has 0 spiro atoms. The van der Waals surface area contributed by atoms with Crippen LogP contribution in [0.5, 0.6) is 0 Å². The number of carbonyl (C=O) groups excluding carboxylic acids is 2. The first-order chi connectivity index (χ1) is 16.0. The van der Waals surface area contributed by atoms with E-state index in [-0.39, 0.29) is 17.9 Å². The number of thiophene rings is 1. The molecule has 0 unspecified atom stereocenters. The lowest BCUT2D eigenvalue weighted by molar-refractivity contribution is -0.115. The number of aromatic nitrogens is 2. The molecule has 4 rings (SSSR count). The topological polar surface area (TPSA) is 76.0 Å². The maximum atomic E-state index is 12.7. The second kappa shape index (κ2) is 10.3. The van der Waals surface area contributed by atoms with Crippen LogP contribution < -0.4 is 10.6 Å². The van der Waals surface area contributed by atoms with Crippen molar-refractivity contribution in [3.8, 4) is 5.69 Å². The van der Waals surface area contributed by atoms with Crippen LogP contribution in [0.25, 0.3) is 5.69 Å². The molecule has 33 heavy (non-hydrogen) atoms.